The van der Waals surface area contributed by atoms with E-state index in [0.29, 0.717) is 35.3 Å². The molecule has 9 heteroatoms. The van der Waals surface area contributed by atoms with Gasteiger partial charge in [-0.2, -0.15) is 0 Å². The molecule has 3 heterocycles. The van der Waals surface area contributed by atoms with E-state index in [9.17, 15) is 9.18 Å². The molecule has 0 aliphatic carbocycles. The predicted molar refractivity (Wildman–Crippen MR) is 117 cm³/mol. The zero-order valence-corrected chi connectivity index (χ0v) is 18.1. The van der Waals surface area contributed by atoms with Gasteiger partial charge in [-0.05, 0) is 37.3 Å². The van der Waals surface area contributed by atoms with Gasteiger partial charge in [-0.3, -0.25) is 4.79 Å². The number of fused-ring (bicyclic) bond motifs is 1. The van der Waals surface area contributed by atoms with Crippen molar-refractivity contribution in [3.05, 3.63) is 76.1 Å². The predicted octanol–water partition coefficient (Wildman–Crippen LogP) is 5.08. The van der Waals surface area contributed by atoms with E-state index in [0.717, 1.165) is 16.3 Å². The van der Waals surface area contributed by atoms with Gasteiger partial charge in [0.15, 0.2) is 11.6 Å². The molecule has 0 spiro atoms. The zero-order chi connectivity index (χ0) is 21.5. The molecule has 1 aliphatic rings. The molecule has 0 bridgehead atoms. The van der Waals surface area contributed by atoms with Crippen molar-refractivity contribution >= 4 is 28.8 Å². The summed E-state index contributed by atoms with van der Waals surface area (Å²) in [6, 6.07) is 12.9. The molecule has 6 nitrogen and oxygen atoms in total. The molecule has 0 N–H and O–H groups in total. The minimum absolute atomic E-state index is 0.155. The van der Waals surface area contributed by atoms with Crippen molar-refractivity contribution in [1.29, 1.82) is 0 Å². The molecule has 2 aromatic heterocycles. The summed E-state index contributed by atoms with van der Waals surface area (Å²) in [6.45, 7) is 2.96. The van der Waals surface area contributed by atoms with Crippen LogP contribution in [0.4, 0.5) is 4.39 Å². The SMILES string of the molecule is C[C@@H]1c2nnc(-c3csc(-c4ccccc4Cl)n3)n2CCN1C(=O)c1ccc(F)cc1. The lowest BCUT2D eigenvalue weighted by atomic mass is 10.1. The number of nitrogens with zero attached hydrogens (tertiary/aromatic N) is 5. The molecule has 0 saturated carbocycles. The maximum atomic E-state index is 13.2. The lowest BCUT2D eigenvalue weighted by Gasteiger charge is -2.33. The van der Waals surface area contributed by atoms with E-state index in [1.54, 1.807) is 4.90 Å². The van der Waals surface area contributed by atoms with Crippen molar-refractivity contribution in [3.8, 4) is 22.1 Å². The third-order valence-corrected chi connectivity index (χ3v) is 6.58. The van der Waals surface area contributed by atoms with Crippen molar-refractivity contribution in [2.75, 3.05) is 6.54 Å². The van der Waals surface area contributed by atoms with Crippen LogP contribution in [0.5, 0.6) is 0 Å². The number of amides is 1. The van der Waals surface area contributed by atoms with Gasteiger partial charge in [0.1, 0.15) is 16.5 Å². The van der Waals surface area contributed by atoms with E-state index in [2.05, 4.69) is 10.2 Å². The summed E-state index contributed by atoms with van der Waals surface area (Å²) in [6.07, 6.45) is 0. The van der Waals surface area contributed by atoms with Gasteiger partial charge >= 0.3 is 0 Å². The average Bonchev–Trinajstić information content (AvgIpc) is 3.42. The first-order valence-electron chi connectivity index (χ1n) is 9.73. The van der Waals surface area contributed by atoms with Gasteiger partial charge in [0, 0.05) is 29.6 Å². The Morgan fingerprint density at radius 3 is 2.68 bits per heavy atom. The van der Waals surface area contributed by atoms with Gasteiger partial charge < -0.3 is 9.47 Å². The number of aromatic nitrogens is 4. The molecule has 2 aromatic carbocycles. The first-order valence-corrected chi connectivity index (χ1v) is 11.0. The average molecular weight is 454 g/mol. The van der Waals surface area contributed by atoms with Crippen LogP contribution >= 0.6 is 22.9 Å². The number of hydrogen-bond donors (Lipinski definition) is 0. The van der Waals surface area contributed by atoms with Crippen LogP contribution in [0.25, 0.3) is 22.1 Å². The number of carbonyl (C=O) groups is 1. The molecule has 1 aliphatic heterocycles. The summed E-state index contributed by atoms with van der Waals surface area (Å²) in [5.74, 6) is 0.847. The lowest BCUT2D eigenvalue weighted by Crippen LogP contribution is -2.41. The van der Waals surface area contributed by atoms with E-state index in [1.165, 1.54) is 35.6 Å². The van der Waals surface area contributed by atoms with E-state index >= 15 is 0 Å². The van der Waals surface area contributed by atoms with E-state index in [4.69, 9.17) is 16.6 Å². The summed E-state index contributed by atoms with van der Waals surface area (Å²) in [5, 5.41) is 12.1. The third kappa shape index (κ3) is 3.51. The monoisotopic (exact) mass is 453 g/mol. The van der Waals surface area contributed by atoms with Gasteiger partial charge in [-0.1, -0.05) is 29.8 Å². The summed E-state index contributed by atoms with van der Waals surface area (Å²) >= 11 is 7.81. The summed E-state index contributed by atoms with van der Waals surface area (Å²) in [7, 11) is 0. The minimum atomic E-state index is -0.368. The molecule has 0 fully saturated rings. The Kier molecular flexibility index (Phi) is 5.03. The first-order chi connectivity index (χ1) is 15.0. The summed E-state index contributed by atoms with van der Waals surface area (Å²) in [5.41, 5.74) is 2.05. The Balaban J connectivity index is 1.43. The second-order valence-electron chi connectivity index (χ2n) is 7.23. The molecular weight excluding hydrogens is 437 g/mol. The molecule has 0 saturated heterocycles. The largest absolute Gasteiger partial charge is 0.327 e. The van der Waals surface area contributed by atoms with Crippen LogP contribution < -0.4 is 0 Å². The topological polar surface area (TPSA) is 63.9 Å². The highest BCUT2D eigenvalue weighted by atomic mass is 35.5. The Hall–Kier alpha value is -3.10. The maximum absolute atomic E-state index is 13.2. The maximum Gasteiger partial charge on any atom is 0.254 e. The highest BCUT2D eigenvalue weighted by Crippen LogP contribution is 2.34. The van der Waals surface area contributed by atoms with Crippen molar-refractivity contribution in [1.82, 2.24) is 24.6 Å². The van der Waals surface area contributed by atoms with E-state index < -0.39 is 0 Å². The number of halogens is 2. The normalized spacial score (nSPS) is 15.7. The smallest absolute Gasteiger partial charge is 0.254 e. The summed E-state index contributed by atoms with van der Waals surface area (Å²) in [4.78, 5) is 19.4. The van der Waals surface area contributed by atoms with Crippen LogP contribution in [0, 0.1) is 5.82 Å². The lowest BCUT2D eigenvalue weighted by molar-refractivity contribution is 0.0638. The number of carbonyl (C=O) groups excluding carboxylic acids is 1. The fraction of sp³-hybridized carbons (Fsp3) is 0.182. The Labute approximate surface area is 186 Å². The molecular formula is C22H17ClFN5OS. The molecule has 0 radical (unpaired) electrons. The van der Waals surface area contributed by atoms with Crippen LogP contribution in [0.1, 0.15) is 29.1 Å². The second kappa shape index (κ2) is 7.86. The van der Waals surface area contributed by atoms with Gasteiger partial charge in [0.05, 0.1) is 11.1 Å². The number of rotatable bonds is 3. The van der Waals surface area contributed by atoms with Crippen molar-refractivity contribution in [2.45, 2.75) is 19.5 Å². The van der Waals surface area contributed by atoms with Gasteiger partial charge in [-0.25, -0.2) is 9.37 Å². The third-order valence-electron chi connectivity index (χ3n) is 5.37. The van der Waals surface area contributed by atoms with Crippen LogP contribution in [0.15, 0.2) is 53.9 Å². The molecule has 1 atom stereocenters. The molecule has 1 amide bonds. The van der Waals surface area contributed by atoms with Crippen LogP contribution in [0.2, 0.25) is 5.02 Å². The number of benzene rings is 2. The number of hydrogen-bond acceptors (Lipinski definition) is 5. The molecule has 31 heavy (non-hydrogen) atoms. The highest BCUT2D eigenvalue weighted by Gasteiger charge is 2.32. The molecule has 156 valence electrons. The fourth-order valence-electron chi connectivity index (χ4n) is 3.75. The second-order valence-corrected chi connectivity index (χ2v) is 8.50. The molecule has 4 aromatic rings. The van der Waals surface area contributed by atoms with Gasteiger partial charge in [0.25, 0.3) is 5.91 Å². The first kappa shape index (κ1) is 19.8. The van der Waals surface area contributed by atoms with Crippen LogP contribution in [-0.4, -0.2) is 37.1 Å². The standard InChI is InChI=1S/C22H17ClFN5OS/c1-13-19-26-27-20(18-12-31-21(25-18)16-4-2-3-5-17(16)23)29(19)11-10-28(13)22(30)14-6-8-15(24)9-7-14/h2-9,12-13H,10-11H2,1H3/t13-/m1/s1. The minimum Gasteiger partial charge on any atom is -0.327 e. The van der Waals surface area contributed by atoms with Crippen molar-refractivity contribution < 1.29 is 9.18 Å². The van der Waals surface area contributed by atoms with Gasteiger partial charge in [0.2, 0.25) is 0 Å². The Morgan fingerprint density at radius 2 is 1.90 bits per heavy atom. The molecule has 5 rings (SSSR count). The van der Waals surface area contributed by atoms with Gasteiger partial charge in [-0.15, -0.1) is 21.5 Å². The highest BCUT2D eigenvalue weighted by molar-refractivity contribution is 7.13. The van der Waals surface area contributed by atoms with Crippen LogP contribution in [-0.2, 0) is 6.54 Å². The summed E-state index contributed by atoms with van der Waals surface area (Å²) < 4.78 is 15.2. The Bertz CT molecular complexity index is 1270. The Morgan fingerprint density at radius 1 is 1.13 bits per heavy atom. The van der Waals surface area contributed by atoms with E-state index in [-0.39, 0.29) is 17.8 Å². The zero-order valence-electron chi connectivity index (χ0n) is 16.5. The van der Waals surface area contributed by atoms with Crippen LogP contribution in [0.3, 0.4) is 0 Å². The van der Waals surface area contributed by atoms with E-state index in [1.807, 2.05) is 41.1 Å². The van der Waals surface area contributed by atoms with Crippen molar-refractivity contribution in [3.63, 3.8) is 0 Å². The number of thiazole rings is 1. The van der Waals surface area contributed by atoms with Crippen molar-refractivity contribution in [2.24, 2.45) is 0 Å². The molecule has 0 unspecified atom stereocenters. The fourth-order valence-corrected chi connectivity index (χ4v) is 4.86. The quantitative estimate of drug-likeness (QED) is 0.434.